The van der Waals surface area contributed by atoms with Gasteiger partial charge in [0.05, 0.1) is 22.3 Å². The third kappa shape index (κ3) is 3.69. The van der Waals surface area contributed by atoms with Gasteiger partial charge in [-0.25, -0.2) is 4.79 Å². The molecule has 7 heteroatoms. The first-order chi connectivity index (χ1) is 9.99. The number of aromatic carboxylic acids is 1. The molecule has 1 N–H and O–H groups in total. The van der Waals surface area contributed by atoms with Gasteiger partial charge in [0.15, 0.2) is 0 Å². The molecule has 1 atom stereocenters. The van der Waals surface area contributed by atoms with Gasteiger partial charge in [0, 0.05) is 32.3 Å². The highest BCUT2D eigenvalue weighted by molar-refractivity contribution is 5.95. The number of carboxylic acid groups (broad SMARTS) is 1. The zero-order chi connectivity index (χ0) is 15.4. The molecule has 1 heterocycles. The van der Waals surface area contributed by atoms with Gasteiger partial charge < -0.3 is 14.7 Å². The van der Waals surface area contributed by atoms with Gasteiger partial charge in [-0.2, -0.15) is 0 Å². The summed E-state index contributed by atoms with van der Waals surface area (Å²) in [7, 11) is 1.77. The lowest BCUT2D eigenvalue weighted by Gasteiger charge is -2.29. The molecule has 1 aliphatic heterocycles. The Morgan fingerprint density at radius 1 is 1.52 bits per heavy atom. The molecule has 1 saturated heterocycles. The van der Waals surface area contributed by atoms with Gasteiger partial charge in [-0.1, -0.05) is 0 Å². The fraction of sp³-hybridized carbons (Fsp3) is 0.500. The zero-order valence-electron chi connectivity index (χ0n) is 11.8. The molecule has 114 valence electrons. The summed E-state index contributed by atoms with van der Waals surface area (Å²) in [6.07, 6.45) is 3.17. The second kappa shape index (κ2) is 6.53. The third-order valence-electron chi connectivity index (χ3n) is 3.58. The fourth-order valence-corrected chi connectivity index (χ4v) is 2.50. The van der Waals surface area contributed by atoms with Crippen molar-refractivity contribution >= 4 is 17.3 Å². The van der Waals surface area contributed by atoms with E-state index in [-0.39, 0.29) is 17.4 Å². The number of non-ortho nitro benzene ring substituents is 1. The number of nitrogens with zero attached hydrogens (tertiary/aromatic N) is 2. The number of anilines is 1. The number of nitro benzene ring substituents is 1. The van der Waals surface area contributed by atoms with Crippen molar-refractivity contribution in [2.45, 2.75) is 25.4 Å². The number of likely N-dealkylation sites (N-methyl/N-ethyl adjacent to an activating group) is 1. The number of hydrogen-bond donors (Lipinski definition) is 1. The van der Waals surface area contributed by atoms with Crippen LogP contribution in [-0.4, -0.2) is 42.3 Å². The molecule has 0 saturated carbocycles. The highest BCUT2D eigenvalue weighted by Gasteiger charge is 2.21. The van der Waals surface area contributed by atoms with Crippen LogP contribution in [0, 0.1) is 10.1 Å². The van der Waals surface area contributed by atoms with Gasteiger partial charge in [0.1, 0.15) is 0 Å². The quantitative estimate of drug-likeness (QED) is 0.661. The summed E-state index contributed by atoms with van der Waals surface area (Å²) in [6.45, 7) is 1.29. The maximum Gasteiger partial charge on any atom is 0.338 e. The van der Waals surface area contributed by atoms with Crippen LogP contribution in [0.3, 0.4) is 0 Å². The smallest absolute Gasteiger partial charge is 0.338 e. The molecule has 1 aliphatic rings. The number of ether oxygens (including phenoxy) is 1. The minimum absolute atomic E-state index is 0.0671. The van der Waals surface area contributed by atoms with E-state index in [9.17, 15) is 20.0 Å². The highest BCUT2D eigenvalue weighted by Crippen LogP contribution is 2.26. The molecule has 0 radical (unpaired) electrons. The Morgan fingerprint density at radius 3 is 2.86 bits per heavy atom. The summed E-state index contributed by atoms with van der Waals surface area (Å²) in [5, 5.41) is 20.0. The molecular formula is C14H18N2O5. The van der Waals surface area contributed by atoms with Crippen LogP contribution in [0.4, 0.5) is 11.4 Å². The number of carbonyl (C=O) groups is 1. The molecule has 1 unspecified atom stereocenters. The summed E-state index contributed by atoms with van der Waals surface area (Å²) in [5.41, 5.74) is 0.170. The molecule has 1 aromatic carbocycles. The van der Waals surface area contributed by atoms with E-state index in [4.69, 9.17) is 4.74 Å². The summed E-state index contributed by atoms with van der Waals surface area (Å²) >= 11 is 0. The number of benzene rings is 1. The lowest BCUT2D eigenvalue weighted by Crippen LogP contribution is -2.34. The first-order valence-corrected chi connectivity index (χ1v) is 6.83. The van der Waals surface area contributed by atoms with Crippen molar-refractivity contribution < 1.29 is 19.6 Å². The predicted octanol–water partition coefficient (Wildman–Crippen LogP) is 2.30. The predicted molar refractivity (Wildman–Crippen MR) is 76.9 cm³/mol. The fourth-order valence-electron chi connectivity index (χ4n) is 2.50. The molecular weight excluding hydrogens is 276 g/mol. The Morgan fingerprint density at radius 2 is 2.29 bits per heavy atom. The molecule has 2 rings (SSSR count). The van der Waals surface area contributed by atoms with Crippen molar-refractivity contribution in [1.82, 2.24) is 0 Å². The summed E-state index contributed by atoms with van der Waals surface area (Å²) < 4.78 is 5.64. The van der Waals surface area contributed by atoms with Crippen LogP contribution >= 0.6 is 0 Å². The van der Waals surface area contributed by atoms with E-state index in [2.05, 4.69) is 0 Å². The molecule has 7 nitrogen and oxygen atoms in total. The topological polar surface area (TPSA) is 92.9 Å². The lowest BCUT2D eigenvalue weighted by molar-refractivity contribution is -0.384. The van der Waals surface area contributed by atoms with Crippen LogP contribution in [0.5, 0.6) is 0 Å². The van der Waals surface area contributed by atoms with Gasteiger partial charge in [0.25, 0.3) is 5.69 Å². The summed E-state index contributed by atoms with van der Waals surface area (Å²) in [4.78, 5) is 23.2. The Labute approximate surface area is 122 Å². The van der Waals surface area contributed by atoms with Crippen molar-refractivity contribution in [3.63, 3.8) is 0 Å². The van der Waals surface area contributed by atoms with Crippen LogP contribution in [0.25, 0.3) is 0 Å². The molecule has 0 spiro atoms. The SMILES string of the molecule is CN(CC1CCCCO1)c1ccc([N+](=O)[O-])cc1C(=O)O. The molecule has 0 aromatic heterocycles. The zero-order valence-corrected chi connectivity index (χ0v) is 11.8. The van der Waals surface area contributed by atoms with E-state index < -0.39 is 10.9 Å². The van der Waals surface area contributed by atoms with Crippen LogP contribution in [0.1, 0.15) is 29.6 Å². The minimum Gasteiger partial charge on any atom is -0.478 e. The normalized spacial score (nSPS) is 18.2. The van der Waals surface area contributed by atoms with Crippen molar-refractivity contribution in [1.29, 1.82) is 0 Å². The molecule has 0 aliphatic carbocycles. The standard InChI is InChI=1S/C14H18N2O5/c1-15(9-11-4-2-3-7-21-11)13-6-5-10(16(19)20)8-12(13)14(17)18/h5-6,8,11H,2-4,7,9H2,1H3,(H,17,18). The van der Waals surface area contributed by atoms with Gasteiger partial charge in [-0.05, 0) is 25.3 Å². The Bertz CT molecular complexity index is 540. The van der Waals surface area contributed by atoms with E-state index in [0.717, 1.165) is 31.9 Å². The average molecular weight is 294 g/mol. The van der Waals surface area contributed by atoms with Crippen LogP contribution in [0.2, 0.25) is 0 Å². The van der Waals surface area contributed by atoms with Gasteiger partial charge >= 0.3 is 5.97 Å². The van der Waals surface area contributed by atoms with Gasteiger partial charge in [-0.3, -0.25) is 10.1 Å². The number of nitro groups is 1. The van der Waals surface area contributed by atoms with Crippen LogP contribution in [-0.2, 0) is 4.74 Å². The summed E-state index contributed by atoms with van der Waals surface area (Å²) in [5.74, 6) is -1.18. The second-order valence-corrected chi connectivity index (χ2v) is 5.13. The number of rotatable bonds is 5. The van der Waals surface area contributed by atoms with E-state index in [1.54, 1.807) is 11.9 Å². The Balaban J connectivity index is 2.20. The molecule has 0 bridgehead atoms. The molecule has 1 fully saturated rings. The first kappa shape index (κ1) is 15.2. The van der Waals surface area contributed by atoms with Gasteiger partial charge in [-0.15, -0.1) is 0 Å². The molecule has 21 heavy (non-hydrogen) atoms. The Kier molecular flexibility index (Phi) is 4.74. The van der Waals surface area contributed by atoms with Crippen LogP contribution < -0.4 is 4.90 Å². The van der Waals surface area contributed by atoms with E-state index in [0.29, 0.717) is 12.2 Å². The number of carboxylic acids is 1. The Hall–Kier alpha value is -2.15. The number of hydrogen-bond acceptors (Lipinski definition) is 5. The van der Waals surface area contributed by atoms with Crippen molar-refractivity contribution in [3.8, 4) is 0 Å². The molecule has 1 aromatic rings. The maximum absolute atomic E-state index is 11.3. The highest BCUT2D eigenvalue weighted by atomic mass is 16.6. The average Bonchev–Trinajstić information content (AvgIpc) is 2.47. The van der Waals surface area contributed by atoms with Crippen molar-refractivity contribution in [2.75, 3.05) is 25.1 Å². The van der Waals surface area contributed by atoms with E-state index in [1.807, 2.05) is 0 Å². The van der Waals surface area contributed by atoms with E-state index >= 15 is 0 Å². The summed E-state index contributed by atoms with van der Waals surface area (Å²) in [6, 6.07) is 3.89. The van der Waals surface area contributed by atoms with E-state index in [1.165, 1.54) is 12.1 Å². The lowest BCUT2D eigenvalue weighted by atomic mass is 10.1. The monoisotopic (exact) mass is 294 g/mol. The first-order valence-electron chi connectivity index (χ1n) is 6.83. The van der Waals surface area contributed by atoms with Crippen molar-refractivity contribution in [3.05, 3.63) is 33.9 Å². The van der Waals surface area contributed by atoms with Crippen LogP contribution in [0.15, 0.2) is 18.2 Å². The third-order valence-corrected chi connectivity index (χ3v) is 3.58. The minimum atomic E-state index is -1.18. The van der Waals surface area contributed by atoms with Crippen molar-refractivity contribution in [2.24, 2.45) is 0 Å². The molecule has 0 amide bonds. The second-order valence-electron chi connectivity index (χ2n) is 5.13. The van der Waals surface area contributed by atoms with Gasteiger partial charge in [0.2, 0.25) is 0 Å². The largest absolute Gasteiger partial charge is 0.478 e. The maximum atomic E-state index is 11.3.